The highest BCUT2D eigenvalue weighted by Crippen LogP contribution is 2.49. The standard InChI is InChI=1S/C16H21FN2O/c1-10(15-9-11-2-3-12(15)8-11)18-16(20)19-14-6-4-13(17)5-7-14/h4-7,10-12,15H,2-3,8-9H2,1H3,(H2,18,19,20)/t10-,11+,12+,15+/m1/s1. The summed E-state index contributed by atoms with van der Waals surface area (Å²) in [6.07, 6.45) is 5.29. The number of halogens is 1. The first-order valence-corrected chi connectivity index (χ1v) is 7.45. The summed E-state index contributed by atoms with van der Waals surface area (Å²) in [6, 6.07) is 5.82. The van der Waals surface area contributed by atoms with Crippen molar-refractivity contribution in [1.29, 1.82) is 0 Å². The van der Waals surface area contributed by atoms with Crippen molar-refractivity contribution in [2.24, 2.45) is 17.8 Å². The predicted octanol–water partition coefficient (Wildman–Crippen LogP) is 3.77. The number of amides is 2. The highest BCUT2D eigenvalue weighted by molar-refractivity contribution is 5.89. The van der Waals surface area contributed by atoms with Gasteiger partial charge in [-0.1, -0.05) is 6.42 Å². The molecule has 20 heavy (non-hydrogen) atoms. The molecule has 2 saturated carbocycles. The minimum Gasteiger partial charge on any atom is -0.335 e. The zero-order valence-electron chi connectivity index (χ0n) is 11.7. The first kappa shape index (κ1) is 13.4. The summed E-state index contributed by atoms with van der Waals surface area (Å²) >= 11 is 0. The van der Waals surface area contributed by atoms with E-state index >= 15 is 0 Å². The molecule has 0 unspecified atom stereocenters. The van der Waals surface area contributed by atoms with Crippen LogP contribution in [0.3, 0.4) is 0 Å². The van der Waals surface area contributed by atoms with Crippen molar-refractivity contribution in [3.05, 3.63) is 30.1 Å². The second-order valence-corrected chi connectivity index (χ2v) is 6.23. The van der Waals surface area contributed by atoms with Crippen LogP contribution in [-0.2, 0) is 0 Å². The topological polar surface area (TPSA) is 41.1 Å². The van der Waals surface area contributed by atoms with Gasteiger partial charge < -0.3 is 10.6 Å². The van der Waals surface area contributed by atoms with E-state index in [0.717, 1.165) is 11.8 Å². The minimum absolute atomic E-state index is 0.200. The predicted molar refractivity (Wildman–Crippen MR) is 77.0 cm³/mol. The average Bonchev–Trinajstić information content (AvgIpc) is 3.03. The zero-order valence-corrected chi connectivity index (χ0v) is 11.7. The third kappa shape index (κ3) is 2.79. The van der Waals surface area contributed by atoms with E-state index in [-0.39, 0.29) is 17.9 Å². The number of rotatable bonds is 3. The van der Waals surface area contributed by atoms with Gasteiger partial charge in [-0.15, -0.1) is 0 Å². The molecule has 0 saturated heterocycles. The van der Waals surface area contributed by atoms with E-state index in [2.05, 4.69) is 17.6 Å². The van der Waals surface area contributed by atoms with Crippen LogP contribution < -0.4 is 10.6 Å². The number of hydrogen-bond acceptors (Lipinski definition) is 1. The molecule has 2 aliphatic carbocycles. The summed E-state index contributed by atoms with van der Waals surface area (Å²) in [6.45, 7) is 2.09. The van der Waals surface area contributed by atoms with Crippen LogP contribution in [0.2, 0.25) is 0 Å². The largest absolute Gasteiger partial charge is 0.335 e. The monoisotopic (exact) mass is 276 g/mol. The Labute approximate surface area is 118 Å². The molecule has 4 heteroatoms. The van der Waals surface area contributed by atoms with Crippen LogP contribution in [0, 0.1) is 23.6 Å². The summed E-state index contributed by atoms with van der Waals surface area (Å²) in [4.78, 5) is 12.0. The minimum atomic E-state index is -0.300. The van der Waals surface area contributed by atoms with Crippen LogP contribution >= 0.6 is 0 Å². The molecule has 3 nitrogen and oxygen atoms in total. The Morgan fingerprint density at radius 1 is 1.25 bits per heavy atom. The first-order valence-electron chi connectivity index (χ1n) is 7.45. The maximum atomic E-state index is 12.8. The number of benzene rings is 1. The van der Waals surface area contributed by atoms with E-state index < -0.39 is 0 Å². The molecule has 0 aromatic heterocycles. The Bertz CT molecular complexity index is 488. The fourth-order valence-electron chi connectivity index (χ4n) is 3.92. The molecule has 2 bridgehead atoms. The Morgan fingerprint density at radius 3 is 2.60 bits per heavy atom. The molecule has 0 spiro atoms. The Balaban J connectivity index is 1.52. The number of nitrogens with one attached hydrogen (secondary N) is 2. The molecule has 108 valence electrons. The van der Waals surface area contributed by atoms with Gasteiger partial charge >= 0.3 is 6.03 Å². The van der Waals surface area contributed by atoms with Gasteiger partial charge in [0, 0.05) is 11.7 Å². The van der Waals surface area contributed by atoms with Gasteiger partial charge in [-0.05, 0) is 68.2 Å². The molecule has 1 aromatic carbocycles. The van der Waals surface area contributed by atoms with E-state index in [1.165, 1.54) is 37.8 Å². The number of urea groups is 1. The molecule has 0 aliphatic heterocycles. The molecular weight excluding hydrogens is 255 g/mol. The molecule has 1 aromatic rings. The molecule has 0 heterocycles. The molecule has 0 radical (unpaired) electrons. The van der Waals surface area contributed by atoms with E-state index in [9.17, 15) is 9.18 Å². The fourth-order valence-corrected chi connectivity index (χ4v) is 3.92. The summed E-state index contributed by atoms with van der Waals surface area (Å²) in [5, 5.41) is 5.78. The zero-order chi connectivity index (χ0) is 14.1. The van der Waals surface area contributed by atoms with Gasteiger partial charge in [0.15, 0.2) is 0 Å². The lowest BCUT2D eigenvalue weighted by Gasteiger charge is -2.28. The number of hydrogen-bond donors (Lipinski definition) is 2. The smallest absolute Gasteiger partial charge is 0.319 e. The van der Waals surface area contributed by atoms with Crippen LogP contribution in [0.4, 0.5) is 14.9 Å². The van der Waals surface area contributed by atoms with Gasteiger partial charge in [-0.25, -0.2) is 9.18 Å². The molecule has 2 fully saturated rings. The van der Waals surface area contributed by atoms with Crippen molar-refractivity contribution in [2.75, 3.05) is 5.32 Å². The van der Waals surface area contributed by atoms with Gasteiger partial charge in [-0.2, -0.15) is 0 Å². The van der Waals surface area contributed by atoms with Crippen molar-refractivity contribution in [2.45, 2.75) is 38.6 Å². The lowest BCUT2D eigenvalue weighted by atomic mass is 9.84. The lowest BCUT2D eigenvalue weighted by Crippen LogP contribution is -2.42. The Kier molecular flexibility index (Phi) is 3.64. The number of fused-ring (bicyclic) bond motifs is 2. The van der Waals surface area contributed by atoms with E-state index in [0.29, 0.717) is 11.6 Å². The SMILES string of the molecule is C[C@@H](NC(=O)Nc1ccc(F)cc1)[C@@H]1C[C@H]2CC[C@H]1C2. The second-order valence-electron chi connectivity index (χ2n) is 6.23. The van der Waals surface area contributed by atoms with Crippen LogP contribution in [0.15, 0.2) is 24.3 Å². The van der Waals surface area contributed by atoms with Crippen LogP contribution in [0.1, 0.15) is 32.6 Å². The van der Waals surface area contributed by atoms with Gasteiger partial charge in [0.2, 0.25) is 0 Å². The van der Waals surface area contributed by atoms with E-state index in [4.69, 9.17) is 0 Å². The molecule has 2 N–H and O–H groups in total. The Hall–Kier alpha value is -1.58. The summed E-state index contributed by atoms with van der Waals surface area (Å²) in [5.74, 6) is 1.99. The van der Waals surface area contributed by atoms with Crippen LogP contribution in [0.5, 0.6) is 0 Å². The highest BCUT2D eigenvalue weighted by Gasteiger charge is 2.42. The maximum absolute atomic E-state index is 12.8. The molecule has 2 aliphatic rings. The quantitative estimate of drug-likeness (QED) is 0.867. The van der Waals surface area contributed by atoms with Gasteiger partial charge in [-0.3, -0.25) is 0 Å². The molecule has 3 rings (SSSR count). The van der Waals surface area contributed by atoms with Crippen molar-refractivity contribution in [3.8, 4) is 0 Å². The number of carbonyl (C=O) groups is 1. The molecule has 4 atom stereocenters. The van der Waals surface area contributed by atoms with Gasteiger partial charge in [0.1, 0.15) is 5.82 Å². The third-order valence-electron chi connectivity index (χ3n) is 4.90. The second kappa shape index (κ2) is 5.43. The van der Waals surface area contributed by atoms with Crippen molar-refractivity contribution >= 4 is 11.7 Å². The Morgan fingerprint density at radius 2 is 2.00 bits per heavy atom. The van der Waals surface area contributed by atoms with Gasteiger partial charge in [0.25, 0.3) is 0 Å². The van der Waals surface area contributed by atoms with Crippen LogP contribution in [-0.4, -0.2) is 12.1 Å². The lowest BCUT2D eigenvalue weighted by molar-refractivity contribution is 0.230. The first-order chi connectivity index (χ1) is 9.61. The summed E-state index contributed by atoms with van der Waals surface area (Å²) in [5.41, 5.74) is 0.615. The summed E-state index contributed by atoms with van der Waals surface area (Å²) < 4.78 is 12.8. The molecular formula is C16H21FN2O. The highest BCUT2D eigenvalue weighted by atomic mass is 19.1. The van der Waals surface area contributed by atoms with Crippen LogP contribution in [0.25, 0.3) is 0 Å². The fraction of sp³-hybridized carbons (Fsp3) is 0.562. The normalized spacial score (nSPS) is 29.2. The van der Waals surface area contributed by atoms with Crippen molar-refractivity contribution < 1.29 is 9.18 Å². The van der Waals surface area contributed by atoms with E-state index in [1.807, 2.05) is 0 Å². The number of carbonyl (C=O) groups excluding carboxylic acids is 1. The van der Waals surface area contributed by atoms with Gasteiger partial charge in [0.05, 0.1) is 0 Å². The maximum Gasteiger partial charge on any atom is 0.319 e. The number of anilines is 1. The van der Waals surface area contributed by atoms with E-state index in [1.54, 1.807) is 12.1 Å². The third-order valence-corrected chi connectivity index (χ3v) is 4.90. The summed E-state index contributed by atoms with van der Waals surface area (Å²) in [7, 11) is 0. The van der Waals surface area contributed by atoms with Crippen molar-refractivity contribution in [1.82, 2.24) is 5.32 Å². The molecule has 2 amide bonds. The van der Waals surface area contributed by atoms with Crippen molar-refractivity contribution in [3.63, 3.8) is 0 Å². The average molecular weight is 276 g/mol.